The zero-order valence-corrected chi connectivity index (χ0v) is 7.62. The van der Waals surface area contributed by atoms with E-state index in [9.17, 15) is 4.39 Å². The van der Waals surface area contributed by atoms with Crippen LogP contribution in [-0.4, -0.2) is 9.38 Å². The highest BCUT2D eigenvalue weighted by Crippen LogP contribution is 2.12. The van der Waals surface area contributed by atoms with Crippen molar-refractivity contribution in [2.24, 2.45) is 0 Å². The molecular weight excluding hydrogens is 258 g/mol. The van der Waals surface area contributed by atoms with Crippen LogP contribution in [0.25, 0.3) is 5.65 Å². The summed E-state index contributed by atoms with van der Waals surface area (Å²) < 4.78 is 15.0. The highest BCUT2D eigenvalue weighted by Gasteiger charge is 2.06. The fraction of sp³-hybridized carbons (Fsp3) is 0. The molecule has 2 rings (SSSR count). The summed E-state index contributed by atoms with van der Waals surface area (Å²) in [6, 6.07) is 5.44. The molecular formula is C7H4FIN2. The summed E-state index contributed by atoms with van der Waals surface area (Å²) in [7, 11) is 0. The number of hydrogen-bond donors (Lipinski definition) is 0. The van der Waals surface area contributed by atoms with Gasteiger partial charge in [-0.05, 0) is 34.7 Å². The number of aromatic nitrogens is 2. The van der Waals surface area contributed by atoms with Gasteiger partial charge in [-0.2, -0.15) is 9.37 Å². The summed E-state index contributed by atoms with van der Waals surface area (Å²) >= 11 is 1.92. The predicted molar refractivity (Wildman–Crippen MR) is 47.9 cm³/mol. The van der Waals surface area contributed by atoms with Gasteiger partial charge in [0.2, 0.25) is 5.95 Å². The number of imidazole rings is 1. The van der Waals surface area contributed by atoms with E-state index in [4.69, 9.17) is 0 Å². The van der Waals surface area contributed by atoms with Crippen LogP contribution in [0, 0.1) is 9.65 Å². The SMILES string of the molecule is Fc1nc2ccccn2c1I. The molecule has 0 N–H and O–H groups in total. The smallest absolute Gasteiger partial charge is 0.245 e. The normalized spacial score (nSPS) is 10.7. The Morgan fingerprint density at radius 1 is 1.45 bits per heavy atom. The largest absolute Gasteiger partial charge is 0.292 e. The van der Waals surface area contributed by atoms with E-state index in [2.05, 4.69) is 4.98 Å². The lowest BCUT2D eigenvalue weighted by molar-refractivity contribution is 0.584. The molecule has 0 saturated heterocycles. The van der Waals surface area contributed by atoms with Crippen molar-refractivity contribution in [1.82, 2.24) is 9.38 Å². The predicted octanol–water partition coefficient (Wildman–Crippen LogP) is 2.08. The fourth-order valence-corrected chi connectivity index (χ4v) is 1.47. The minimum absolute atomic E-state index is 0.406. The molecule has 0 fully saturated rings. The Balaban J connectivity index is 2.92. The summed E-state index contributed by atoms with van der Waals surface area (Å²) in [5, 5.41) is 0. The Hall–Kier alpha value is -0.650. The van der Waals surface area contributed by atoms with Crippen LogP contribution in [-0.2, 0) is 0 Å². The van der Waals surface area contributed by atoms with E-state index in [-0.39, 0.29) is 0 Å². The molecule has 0 aromatic carbocycles. The number of fused-ring (bicyclic) bond motifs is 1. The van der Waals surface area contributed by atoms with Gasteiger partial charge < -0.3 is 0 Å². The minimum Gasteiger partial charge on any atom is -0.292 e. The quantitative estimate of drug-likeness (QED) is 0.664. The molecule has 56 valence electrons. The Labute approximate surface area is 76.2 Å². The standard InChI is InChI=1S/C7H4FIN2/c8-6-7(9)11-4-2-1-3-5(11)10-6/h1-4H. The summed E-state index contributed by atoms with van der Waals surface area (Å²) in [4.78, 5) is 3.70. The lowest BCUT2D eigenvalue weighted by Crippen LogP contribution is -1.84. The lowest BCUT2D eigenvalue weighted by atomic mass is 10.5. The van der Waals surface area contributed by atoms with Crippen molar-refractivity contribution in [2.75, 3.05) is 0 Å². The number of pyridine rings is 1. The van der Waals surface area contributed by atoms with Crippen molar-refractivity contribution in [1.29, 1.82) is 0 Å². The van der Waals surface area contributed by atoms with Crippen LogP contribution in [0.4, 0.5) is 4.39 Å². The summed E-state index contributed by atoms with van der Waals surface area (Å²) in [6.07, 6.45) is 1.78. The third kappa shape index (κ3) is 1.01. The van der Waals surface area contributed by atoms with Gasteiger partial charge in [-0.3, -0.25) is 4.40 Å². The van der Waals surface area contributed by atoms with E-state index in [1.807, 2.05) is 34.7 Å². The second-order valence-corrected chi connectivity index (χ2v) is 3.14. The van der Waals surface area contributed by atoms with Gasteiger partial charge >= 0.3 is 0 Å². The average molecular weight is 262 g/mol. The van der Waals surface area contributed by atoms with E-state index < -0.39 is 5.95 Å². The maximum atomic E-state index is 12.8. The molecule has 0 aliphatic heterocycles. The number of halogens is 2. The fourth-order valence-electron chi connectivity index (χ4n) is 0.937. The zero-order valence-electron chi connectivity index (χ0n) is 5.46. The van der Waals surface area contributed by atoms with Crippen LogP contribution < -0.4 is 0 Å². The first-order chi connectivity index (χ1) is 5.29. The van der Waals surface area contributed by atoms with Gasteiger partial charge in [-0.15, -0.1) is 0 Å². The average Bonchev–Trinajstić information content (AvgIpc) is 2.30. The molecule has 2 nitrogen and oxygen atoms in total. The first kappa shape index (κ1) is 7.02. The molecule has 11 heavy (non-hydrogen) atoms. The Bertz CT molecular complexity index is 396. The van der Waals surface area contributed by atoms with E-state index in [1.165, 1.54) is 0 Å². The first-order valence-electron chi connectivity index (χ1n) is 3.07. The molecule has 2 heterocycles. The third-order valence-corrected chi connectivity index (χ3v) is 2.40. The van der Waals surface area contributed by atoms with Gasteiger partial charge in [0.15, 0.2) is 0 Å². The molecule has 0 aliphatic carbocycles. The maximum absolute atomic E-state index is 12.8. The molecule has 0 bridgehead atoms. The highest BCUT2D eigenvalue weighted by atomic mass is 127. The maximum Gasteiger partial charge on any atom is 0.245 e. The van der Waals surface area contributed by atoms with Crippen molar-refractivity contribution >= 4 is 28.2 Å². The van der Waals surface area contributed by atoms with Gasteiger partial charge in [-0.1, -0.05) is 6.07 Å². The molecule has 2 aromatic rings. The van der Waals surface area contributed by atoms with Crippen LogP contribution in [0.1, 0.15) is 0 Å². The minimum atomic E-state index is -0.406. The Kier molecular flexibility index (Phi) is 1.56. The molecule has 0 aliphatic rings. The molecule has 0 atom stereocenters. The van der Waals surface area contributed by atoms with Crippen molar-refractivity contribution < 1.29 is 4.39 Å². The number of rotatable bonds is 0. The second kappa shape index (κ2) is 2.44. The molecule has 0 saturated carbocycles. The van der Waals surface area contributed by atoms with E-state index in [0.29, 0.717) is 9.35 Å². The van der Waals surface area contributed by atoms with Crippen LogP contribution in [0.2, 0.25) is 0 Å². The molecule has 0 spiro atoms. The van der Waals surface area contributed by atoms with Gasteiger partial charge in [-0.25, -0.2) is 0 Å². The van der Waals surface area contributed by atoms with Gasteiger partial charge in [0.1, 0.15) is 9.35 Å². The summed E-state index contributed by atoms with van der Waals surface area (Å²) in [6.45, 7) is 0. The second-order valence-electron chi connectivity index (χ2n) is 2.12. The highest BCUT2D eigenvalue weighted by molar-refractivity contribution is 14.1. The van der Waals surface area contributed by atoms with E-state index in [1.54, 1.807) is 16.7 Å². The van der Waals surface area contributed by atoms with Crippen molar-refractivity contribution in [3.05, 3.63) is 34.0 Å². The monoisotopic (exact) mass is 262 g/mol. The summed E-state index contributed by atoms with van der Waals surface area (Å²) in [5.74, 6) is -0.406. The Morgan fingerprint density at radius 2 is 2.27 bits per heavy atom. The Morgan fingerprint density at radius 3 is 3.00 bits per heavy atom. The lowest BCUT2D eigenvalue weighted by Gasteiger charge is -1.90. The van der Waals surface area contributed by atoms with Gasteiger partial charge in [0.25, 0.3) is 0 Å². The van der Waals surface area contributed by atoms with Crippen molar-refractivity contribution in [3.8, 4) is 0 Å². The van der Waals surface area contributed by atoms with Gasteiger partial charge in [0, 0.05) is 6.20 Å². The van der Waals surface area contributed by atoms with Crippen LogP contribution in [0.3, 0.4) is 0 Å². The molecule has 4 heteroatoms. The summed E-state index contributed by atoms with van der Waals surface area (Å²) in [5.41, 5.74) is 0.648. The van der Waals surface area contributed by atoms with E-state index in [0.717, 1.165) is 0 Å². The van der Waals surface area contributed by atoms with Crippen LogP contribution >= 0.6 is 22.6 Å². The molecule has 0 amide bonds. The van der Waals surface area contributed by atoms with Crippen molar-refractivity contribution in [3.63, 3.8) is 0 Å². The third-order valence-electron chi connectivity index (χ3n) is 1.43. The van der Waals surface area contributed by atoms with Crippen LogP contribution in [0.5, 0.6) is 0 Å². The van der Waals surface area contributed by atoms with E-state index >= 15 is 0 Å². The molecule has 2 aromatic heterocycles. The number of nitrogens with zero attached hydrogens (tertiary/aromatic N) is 2. The van der Waals surface area contributed by atoms with Crippen LogP contribution in [0.15, 0.2) is 24.4 Å². The van der Waals surface area contributed by atoms with Crippen molar-refractivity contribution in [2.45, 2.75) is 0 Å². The molecule has 0 radical (unpaired) electrons. The topological polar surface area (TPSA) is 17.3 Å². The number of hydrogen-bond acceptors (Lipinski definition) is 1. The zero-order chi connectivity index (χ0) is 7.84. The molecule has 0 unspecified atom stereocenters. The first-order valence-corrected chi connectivity index (χ1v) is 4.15. The van der Waals surface area contributed by atoms with Gasteiger partial charge in [0.05, 0.1) is 0 Å².